The highest BCUT2D eigenvalue weighted by Gasteiger charge is 2.18. The van der Waals surface area contributed by atoms with Crippen molar-refractivity contribution in [3.63, 3.8) is 0 Å². The van der Waals surface area contributed by atoms with Gasteiger partial charge < -0.3 is 9.88 Å². The first-order valence-corrected chi connectivity index (χ1v) is 8.42. The summed E-state index contributed by atoms with van der Waals surface area (Å²) >= 11 is 0. The summed E-state index contributed by atoms with van der Waals surface area (Å²) in [6.07, 6.45) is 4.97. The van der Waals surface area contributed by atoms with Gasteiger partial charge >= 0.3 is 0 Å². The maximum Gasteiger partial charge on any atom is 0.226 e. The highest BCUT2D eigenvalue weighted by molar-refractivity contribution is 5.91. The van der Waals surface area contributed by atoms with Crippen LogP contribution >= 0.6 is 0 Å². The number of benzene rings is 2. The number of anilines is 1. The van der Waals surface area contributed by atoms with E-state index in [9.17, 15) is 9.18 Å². The Morgan fingerprint density at radius 3 is 2.44 bits per heavy atom. The SMILES string of the molecule is CCc1ccc(NC(=O)CC(c2cccc(F)c2)n2cccc2)cc1. The fraction of sp³-hybridized carbons (Fsp3) is 0.190. The van der Waals surface area contributed by atoms with E-state index in [0.717, 1.165) is 17.7 Å². The third kappa shape index (κ3) is 4.35. The third-order valence-corrected chi connectivity index (χ3v) is 4.25. The number of aromatic nitrogens is 1. The number of nitrogens with one attached hydrogen (secondary N) is 1. The lowest BCUT2D eigenvalue weighted by Crippen LogP contribution is -2.19. The second-order valence-electron chi connectivity index (χ2n) is 6.00. The van der Waals surface area contributed by atoms with Crippen molar-refractivity contribution in [3.05, 3.63) is 90.0 Å². The average molecular weight is 336 g/mol. The van der Waals surface area contributed by atoms with Gasteiger partial charge in [0.2, 0.25) is 5.91 Å². The van der Waals surface area contributed by atoms with E-state index >= 15 is 0 Å². The summed E-state index contributed by atoms with van der Waals surface area (Å²) in [4.78, 5) is 12.5. The Morgan fingerprint density at radius 1 is 1.08 bits per heavy atom. The molecule has 1 unspecified atom stereocenters. The predicted octanol–water partition coefficient (Wildman–Crippen LogP) is 4.81. The van der Waals surface area contributed by atoms with Gasteiger partial charge in [0.05, 0.1) is 12.5 Å². The van der Waals surface area contributed by atoms with Crippen molar-refractivity contribution in [2.24, 2.45) is 0 Å². The van der Waals surface area contributed by atoms with Crippen LogP contribution in [0.3, 0.4) is 0 Å². The Balaban J connectivity index is 1.76. The quantitative estimate of drug-likeness (QED) is 0.689. The molecule has 0 radical (unpaired) electrons. The van der Waals surface area contributed by atoms with Gasteiger partial charge in [0.15, 0.2) is 0 Å². The molecular formula is C21H21FN2O. The largest absolute Gasteiger partial charge is 0.346 e. The monoisotopic (exact) mass is 336 g/mol. The summed E-state index contributed by atoms with van der Waals surface area (Å²) in [7, 11) is 0. The maximum absolute atomic E-state index is 13.6. The lowest BCUT2D eigenvalue weighted by molar-refractivity contribution is -0.116. The van der Waals surface area contributed by atoms with E-state index in [1.165, 1.54) is 17.7 Å². The van der Waals surface area contributed by atoms with Crippen LogP contribution < -0.4 is 5.32 Å². The predicted molar refractivity (Wildman–Crippen MR) is 98.0 cm³/mol. The van der Waals surface area contributed by atoms with Gasteiger partial charge in [-0.15, -0.1) is 0 Å². The Labute approximate surface area is 147 Å². The molecule has 3 rings (SSSR count). The normalized spacial score (nSPS) is 11.9. The van der Waals surface area contributed by atoms with E-state index in [-0.39, 0.29) is 24.2 Å². The van der Waals surface area contributed by atoms with Crippen LogP contribution in [0.2, 0.25) is 0 Å². The number of halogens is 1. The van der Waals surface area contributed by atoms with Crippen molar-refractivity contribution >= 4 is 11.6 Å². The smallest absolute Gasteiger partial charge is 0.226 e. The second-order valence-corrected chi connectivity index (χ2v) is 6.00. The molecule has 0 bridgehead atoms. The molecule has 4 heteroatoms. The van der Waals surface area contributed by atoms with Gasteiger partial charge in [0.1, 0.15) is 5.82 Å². The van der Waals surface area contributed by atoms with Crippen molar-refractivity contribution in [1.29, 1.82) is 0 Å². The Bertz CT molecular complexity index is 825. The number of rotatable bonds is 6. The highest BCUT2D eigenvalue weighted by atomic mass is 19.1. The number of carbonyl (C=O) groups excluding carboxylic acids is 1. The summed E-state index contributed by atoms with van der Waals surface area (Å²) in [6.45, 7) is 2.09. The first-order valence-electron chi connectivity index (χ1n) is 8.42. The van der Waals surface area contributed by atoms with E-state index in [1.54, 1.807) is 6.07 Å². The van der Waals surface area contributed by atoms with Crippen LogP contribution in [-0.2, 0) is 11.2 Å². The zero-order valence-electron chi connectivity index (χ0n) is 14.2. The van der Waals surface area contributed by atoms with E-state index in [1.807, 2.05) is 59.4 Å². The van der Waals surface area contributed by atoms with Gasteiger partial charge in [-0.05, 0) is 53.9 Å². The molecule has 0 aliphatic rings. The van der Waals surface area contributed by atoms with E-state index < -0.39 is 0 Å². The first kappa shape index (κ1) is 17.0. The first-order chi connectivity index (χ1) is 12.2. The standard InChI is InChI=1S/C21H21FN2O/c1-2-16-8-10-19(11-9-16)23-21(25)15-20(24-12-3-4-13-24)17-6-5-7-18(22)14-17/h3-14,20H,2,15H2,1H3,(H,23,25). The Morgan fingerprint density at radius 2 is 1.80 bits per heavy atom. The molecule has 25 heavy (non-hydrogen) atoms. The zero-order valence-corrected chi connectivity index (χ0v) is 14.2. The second kappa shape index (κ2) is 7.79. The molecule has 1 atom stereocenters. The van der Waals surface area contributed by atoms with Crippen molar-refractivity contribution in [2.45, 2.75) is 25.8 Å². The van der Waals surface area contributed by atoms with Gasteiger partial charge in [0, 0.05) is 18.1 Å². The van der Waals surface area contributed by atoms with Crippen molar-refractivity contribution in [2.75, 3.05) is 5.32 Å². The van der Waals surface area contributed by atoms with Crippen molar-refractivity contribution in [3.8, 4) is 0 Å². The van der Waals surface area contributed by atoms with Crippen LogP contribution in [0, 0.1) is 5.82 Å². The lowest BCUT2D eigenvalue weighted by Gasteiger charge is -2.19. The maximum atomic E-state index is 13.6. The summed E-state index contributed by atoms with van der Waals surface area (Å²) in [5.74, 6) is -0.405. The molecule has 1 aromatic heterocycles. The van der Waals surface area contributed by atoms with E-state index in [0.29, 0.717) is 0 Å². The number of nitrogens with zero attached hydrogens (tertiary/aromatic N) is 1. The van der Waals surface area contributed by atoms with E-state index in [2.05, 4.69) is 12.2 Å². The molecule has 3 aromatic rings. The van der Waals surface area contributed by atoms with Crippen molar-refractivity contribution in [1.82, 2.24) is 4.57 Å². The van der Waals surface area contributed by atoms with Gasteiger partial charge in [-0.3, -0.25) is 4.79 Å². The molecule has 0 aliphatic carbocycles. The summed E-state index contributed by atoms with van der Waals surface area (Å²) in [5, 5.41) is 2.92. The minimum Gasteiger partial charge on any atom is -0.346 e. The van der Waals surface area contributed by atoms with Crippen LogP contribution in [-0.4, -0.2) is 10.5 Å². The van der Waals surface area contributed by atoms with Gasteiger partial charge in [-0.25, -0.2) is 4.39 Å². The van der Waals surface area contributed by atoms with E-state index in [4.69, 9.17) is 0 Å². The molecule has 0 spiro atoms. The molecule has 0 fully saturated rings. The fourth-order valence-corrected chi connectivity index (χ4v) is 2.88. The minimum atomic E-state index is -0.301. The third-order valence-electron chi connectivity index (χ3n) is 4.25. The molecule has 1 N–H and O–H groups in total. The number of amides is 1. The van der Waals surface area contributed by atoms with Crippen LogP contribution in [0.4, 0.5) is 10.1 Å². The van der Waals surface area contributed by atoms with Crippen LogP contribution in [0.15, 0.2) is 73.1 Å². The Hall–Kier alpha value is -2.88. The summed E-state index contributed by atoms with van der Waals surface area (Å²) < 4.78 is 15.5. The van der Waals surface area contributed by atoms with Gasteiger partial charge in [-0.1, -0.05) is 31.2 Å². The highest BCUT2D eigenvalue weighted by Crippen LogP contribution is 2.24. The summed E-state index contributed by atoms with van der Waals surface area (Å²) in [6, 6.07) is 17.8. The van der Waals surface area contributed by atoms with Gasteiger partial charge in [-0.2, -0.15) is 0 Å². The molecule has 3 nitrogen and oxygen atoms in total. The minimum absolute atomic E-state index is 0.104. The van der Waals surface area contributed by atoms with Crippen molar-refractivity contribution < 1.29 is 9.18 Å². The van der Waals surface area contributed by atoms with Gasteiger partial charge in [0.25, 0.3) is 0 Å². The number of aryl methyl sites for hydroxylation is 1. The van der Waals surface area contributed by atoms with Crippen LogP contribution in [0.25, 0.3) is 0 Å². The number of carbonyl (C=O) groups is 1. The molecule has 1 heterocycles. The molecule has 0 saturated heterocycles. The lowest BCUT2D eigenvalue weighted by atomic mass is 10.0. The number of hydrogen-bond acceptors (Lipinski definition) is 1. The topological polar surface area (TPSA) is 34.0 Å². The molecule has 1 amide bonds. The number of hydrogen-bond donors (Lipinski definition) is 1. The Kier molecular flexibility index (Phi) is 5.29. The molecule has 0 saturated carbocycles. The zero-order chi connectivity index (χ0) is 17.6. The molecule has 0 aliphatic heterocycles. The molecule has 2 aromatic carbocycles. The average Bonchev–Trinajstić information content (AvgIpc) is 3.14. The fourth-order valence-electron chi connectivity index (χ4n) is 2.88. The summed E-state index contributed by atoms with van der Waals surface area (Å²) in [5.41, 5.74) is 2.77. The molecular weight excluding hydrogens is 315 g/mol. The van der Waals surface area contributed by atoms with Crippen LogP contribution in [0.1, 0.15) is 30.5 Å². The molecule has 128 valence electrons. The van der Waals surface area contributed by atoms with Crippen LogP contribution in [0.5, 0.6) is 0 Å².